The monoisotopic (exact) mass is 302 g/mol. The van der Waals surface area contributed by atoms with Crippen LogP contribution in [-0.4, -0.2) is 25.9 Å². The van der Waals surface area contributed by atoms with Crippen LogP contribution in [0.1, 0.15) is 5.56 Å². The van der Waals surface area contributed by atoms with Gasteiger partial charge in [0.05, 0.1) is 28.7 Å². The molecular formula is C13H14N6OS. The van der Waals surface area contributed by atoms with Gasteiger partial charge in [-0.3, -0.25) is 14.6 Å². The van der Waals surface area contributed by atoms with Crippen LogP contribution in [0.25, 0.3) is 10.6 Å². The van der Waals surface area contributed by atoms with Crippen molar-refractivity contribution in [1.29, 1.82) is 0 Å². The number of nitrogens with zero attached hydrogens (tertiary/aromatic N) is 3. The first-order chi connectivity index (χ1) is 10.2. The van der Waals surface area contributed by atoms with Gasteiger partial charge in [-0.2, -0.15) is 10.2 Å². The molecule has 4 N–H and O–H groups in total. The number of anilines is 1. The van der Waals surface area contributed by atoms with Crippen molar-refractivity contribution >= 4 is 22.9 Å². The molecule has 3 rings (SSSR count). The van der Waals surface area contributed by atoms with E-state index >= 15 is 0 Å². The topological polar surface area (TPSA) is 102 Å². The largest absolute Gasteiger partial charge is 0.378 e. The van der Waals surface area contributed by atoms with Crippen LogP contribution in [0.15, 0.2) is 36.1 Å². The number of amides is 1. The van der Waals surface area contributed by atoms with Crippen molar-refractivity contribution in [3.63, 3.8) is 0 Å². The molecule has 0 aromatic carbocycles. The summed E-state index contributed by atoms with van der Waals surface area (Å²) in [6, 6.07) is 4.05. The van der Waals surface area contributed by atoms with E-state index in [0.29, 0.717) is 6.54 Å². The van der Waals surface area contributed by atoms with Gasteiger partial charge in [-0.15, -0.1) is 11.3 Å². The Labute approximate surface area is 124 Å². The second-order valence-corrected chi connectivity index (χ2v) is 5.44. The summed E-state index contributed by atoms with van der Waals surface area (Å²) in [7, 11) is 0. The fraction of sp³-hybridized carbons (Fsp3) is 0.154. The van der Waals surface area contributed by atoms with Crippen LogP contribution in [0.5, 0.6) is 0 Å². The third-order valence-corrected chi connectivity index (χ3v) is 3.81. The minimum atomic E-state index is -0.417. The first-order valence-corrected chi connectivity index (χ1v) is 7.21. The molecule has 0 radical (unpaired) electrons. The van der Waals surface area contributed by atoms with Gasteiger partial charge in [0, 0.05) is 18.3 Å². The summed E-state index contributed by atoms with van der Waals surface area (Å²) >= 11 is 1.66. The van der Waals surface area contributed by atoms with Crippen molar-refractivity contribution in [3.05, 3.63) is 41.7 Å². The highest BCUT2D eigenvalue weighted by Crippen LogP contribution is 2.26. The van der Waals surface area contributed by atoms with E-state index in [-0.39, 0.29) is 6.54 Å². The first-order valence-electron chi connectivity index (χ1n) is 6.33. The Morgan fingerprint density at radius 1 is 1.48 bits per heavy atom. The van der Waals surface area contributed by atoms with Crippen LogP contribution in [0.3, 0.4) is 0 Å². The third-order valence-electron chi connectivity index (χ3n) is 2.92. The summed E-state index contributed by atoms with van der Waals surface area (Å²) in [5, 5.41) is 16.5. The number of primary amides is 1. The lowest BCUT2D eigenvalue weighted by molar-refractivity contribution is -0.118. The molecule has 0 atom stereocenters. The Morgan fingerprint density at radius 2 is 2.38 bits per heavy atom. The van der Waals surface area contributed by atoms with Gasteiger partial charge in [-0.1, -0.05) is 6.07 Å². The molecule has 7 nitrogen and oxygen atoms in total. The highest BCUT2D eigenvalue weighted by Gasteiger charge is 2.09. The molecule has 0 bridgehead atoms. The Bertz CT molecular complexity index is 730. The van der Waals surface area contributed by atoms with Gasteiger partial charge in [-0.05, 0) is 11.4 Å². The average molecular weight is 302 g/mol. The number of hydrogen-bond donors (Lipinski definition) is 3. The van der Waals surface area contributed by atoms with Gasteiger partial charge in [0.25, 0.3) is 0 Å². The summed E-state index contributed by atoms with van der Waals surface area (Å²) < 4.78 is 1.50. The molecule has 0 saturated heterocycles. The fourth-order valence-corrected chi connectivity index (χ4v) is 2.73. The third kappa shape index (κ3) is 3.11. The molecule has 0 saturated carbocycles. The van der Waals surface area contributed by atoms with E-state index < -0.39 is 5.91 Å². The minimum Gasteiger partial charge on any atom is -0.378 e. The van der Waals surface area contributed by atoms with Crippen molar-refractivity contribution in [2.45, 2.75) is 13.1 Å². The van der Waals surface area contributed by atoms with E-state index in [0.717, 1.165) is 21.8 Å². The maximum atomic E-state index is 10.8. The maximum absolute atomic E-state index is 10.8. The molecule has 0 spiro atoms. The zero-order valence-electron chi connectivity index (χ0n) is 11.1. The van der Waals surface area contributed by atoms with Gasteiger partial charge in [0.2, 0.25) is 5.91 Å². The molecule has 8 heteroatoms. The van der Waals surface area contributed by atoms with Gasteiger partial charge in [0.15, 0.2) is 0 Å². The van der Waals surface area contributed by atoms with E-state index in [4.69, 9.17) is 5.73 Å². The van der Waals surface area contributed by atoms with Gasteiger partial charge < -0.3 is 11.1 Å². The summed E-state index contributed by atoms with van der Waals surface area (Å²) in [5.74, 6) is -0.417. The van der Waals surface area contributed by atoms with Crippen LogP contribution in [0, 0.1) is 0 Å². The quantitative estimate of drug-likeness (QED) is 0.641. The van der Waals surface area contributed by atoms with Gasteiger partial charge >= 0.3 is 0 Å². The summed E-state index contributed by atoms with van der Waals surface area (Å²) in [6.45, 7) is 0.694. The normalized spacial score (nSPS) is 10.7. The summed E-state index contributed by atoms with van der Waals surface area (Å²) in [5.41, 5.74) is 8.04. The lowest BCUT2D eigenvalue weighted by Crippen LogP contribution is -2.18. The zero-order valence-corrected chi connectivity index (χ0v) is 11.9. The van der Waals surface area contributed by atoms with E-state index in [1.807, 2.05) is 17.5 Å². The number of thiophene rings is 1. The number of hydrogen-bond acceptors (Lipinski definition) is 5. The predicted octanol–water partition coefficient (Wildman–Crippen LogP) is 1.43. The summed E-state index contributed by atoms with van der Waals surface area (Å²) in [4.78, 5) is 12.0. The second-order valence-electron chi connectivity index (χ2n) is 4.49. The highest BCUT2D eigenvalue weighted by atomic mass is 32.1. The Kier molecular flexibility index (Phi) is 3.69. The molecule has 21 heavy (non-hydrogen) atoms. The average Bonchev–Trinajstić information content (AvgIpc) is 3.17. The zero-order chi connectivity index (χ0) is 14.7. The molecule has 0 aliphatic carbocycles. The van der Waals surface area contributed by atoms with E-state index in [1.54, 1.807) is 29.9 Å². The van der Waals surface area contributed by atoms with Crippen LogP contribution in [0.4, 0.5) is 5.69 Å². The molecule has 0 aliphatic rings. The second kappa shape index (κ2) is 5.80. The number of rotatable bonds is 6. The first kappa shape index (κ1) is 13.4. The van der Waals surface area contributed by atoms with E-state index in [1.165, 1.54) is 4.68 Å². The molecule has 0 fully saturated rings. The minimum absolute atomic E-state index is 0.0772. The molecule has 3 aromatic heterocycles. The van der Waals surface area contributed by atoms with Crippen LogP contribution in [-0.2, 0) is 17.9 Å². The van der Waals surface area contributed by atoms with Crippen molar-refractivity contribution in [3.8, 4) is 10.6 Å². The summed E-state index contributed by atoms with van der Waals surface area (Å²) in [6.07, 6.45) is 5.21. The SMILES string of the molecule is NC(=O)Cn1cc(NCc2cn[nH]c2-c2cccs2)cn1. The lowest BCUT2D eigenvalue weighted by atomic mass is 10.2. The Hall–Kier alpha value is -2.61. The van der Waals surface area contributed by atoms with Crippen LogP contribution >= 0.6 is 11.3 Å². The smallest absolute Gasteiger partial charge is 0.239 e. The van der Waals surface area contributed by atoms with Crippen molar-refractivity contribution in [2.75, 3.05) is 5.32 Å². The van der Waals surface area contributed by atoms with Gasteiger partial charge in [0.1, 0.15) is 6.54 Å². The van der Waals surface area contributed by atoms with E-state index in [2.05, 4.69) is 20.6 Å². The molecule has 108 valence electrons. The Balaban J connectivity index is 1.67. The van der Waals surface area contributed by atoms with Crippen LogP contribution in [0.2, 0.25) is 0 Å². The molecule has 1 amide bonds. The van der Waals surface area contributed by atoms with Gasteiger partial charge in [-0.25, -0.2) is 0 Å². The number of carbonyl (C=O) groups excluding carboxylic acids is 1. The number of nitrogens with one attached hydrogen (secondary N) is 2. The molecule has 0 unspecified atom stereocenters. The number of aromatic amines is 1. The van der Waals surface area contributed by atoms with Crippen molar-refractivity contribution in [2.24, 2.45) is 5.73 Å². The maximum Gasteiger partial charge on any atom is 0.239 e. The number of nitrogens with two attached hydrogens (primary N) is 1. The predicted molar refractivity (Wildman–Crippen MR) is 80.6 cm³/mol. The molecular weight excluding hydrogens is 288 g/mol. The molecule has 0 aliphatic heterocycles. The number of carbonyl (C=O) groups is 1. The van der Waals surface area contributed by atoms with E-state index in [9.17, 15) is 4.79 Å². The Morgan fingerprint density at radius 3 is 3.14 bits per heavy atom. The number of aromatic nitrogens is 4. The van der Waals surface area contributed by atoms with Crippen molar-refractivity contribution < 1.29 is 4.79 Å². The lowest BCUT2D eigenvalue weighted by Gasteiger charge is -2.03. The fourth-order valence-electron chi connectivity index (χ4n) is 1.98. The molecule has 3 aromatic rings. The number of H-pyrrole nitrogens is 1. The van der Waals surface area contributed by atoms with Crippen molar-refractivity contribution in [1.82, 2.24) is 20.0 Å². The standard InChI is InChI=1S/C13H14N6OS/c14-12(20)8-19-7-10(6-17-19)15-4-9-5-16-18-13(9)11-2-1-3-21-11/h1-3,5-7,15H,4,8H2,(H2,14,20)(H,16,18). The molecule has 3 heterocycles. The highest BCUT2D eigenvalue weighted by molar-refractivity contribution is 7.13. The van der Waals surface area contributed by atoms with Crippen LogP contribution < -0.4 is 11.1 Å².